The molecule has 0 radical (unpaired) electrons. The highest BCUT2D eigenvalue weighted by molar-refractivity contribution is 8.00. The molecule has 1 N–H and O–H groups in total. The minimum absolute atomic E-state index is 0.0766. The normalized spacial score (nSPS) is 14.9. The van der Waals surface area contributed by atoms with Gasteiger partial charge in [-0.3, -0.25) is 9.59 Å². The first kappa shape index (κ1) is 21.1. The van der Waals surface area contributed by atoms with Gasteiger partial charge in [-0.2, -0.15) is 0 Å². The average molecular weight is 418 g/mol. The predicted octanol–water partition coefficient (Wildman–Crippen LogP) is 3.32. The van der Waals surface area contributed by atoms with E-state index >= 15 is 0 Å². The predicted molar refractivity (Wildman–Crippen MR) is 111 cm³/mol. The molecule has 0 aromatic heterocycles. The summed E-state index contributed by atoms with van der Waals surface area (Å²) in [6, 6.07) is 13.7. The molecule has 1 aliphatic rings. The van der Waals surface area contributed by atoms with Gasteiger partial charge in [0.05, 0.1) is 19.0 Å². The number of amides is 1. The van der Waals surface area contributed by atoms with Gasteiger partial charge >= 0.3 is 5.97 Å². The Morgan fingerprint density at radius 2 is 1.86 bits per heavy atom. The smallest absolute Gasteiger partial charge is 0.317 e. The monoisotopic (exact) mass is 418 g/mol. The number of nitrogens with one attached hydrogen (secondary N) is 1. The largest absolute Gasteiger partial charge is 0.452 e. The van der Waals surface area contributed by atoms with Crippen LogP contribution in [0.1, 0.15) is 6.92 Å². The van der Waals surface area contributed by atoms with Crippen molar-refractivity contribution >= 4 is 35.0 Å². The molecule has 1 aliphatic heterocycles. The number of carbonyl (C=O) groups is 2. The van der Waals surface area contributed by atoms with Gasteiger partial charge in [0.25, 0.3) is 5.91 Å². The first-order valence-corrected chi connectivity index (χ1v) is 10.3. The Balaban J connectivity index is 1.45. The number of ether oxygens (including phenoxy) is 2. The molecule has 29 heavy (non-hydrogen) atoms. The van der Waals surface area contributed by atoms with Crippen LogP contribution in [0, 0.1) is 5.82 Å². The lowest BCUT2D eigenvalue weighted by Crippen LogP contribution is -2.36. The summed E-state index contributed by atoms with van der Waals surface area (Å²) in [5.41, 5.74) is 1.69. The van der Waals surface area contributed by atoms with Gasteiger partial charge in [0.2, 0.25) is 0 Å². The molecule has 2 aromatic carbocycles. The quantitative estimate of drug-likeness (QED) is 0.550. The van der Waals surface area contributed by atoms with Crippen molar-refractivity contribution in [1.29, 1.82) is 0 Å². The Bertz CT molecular complexity index is 841. The van der Waals surface area contributed by atoms with Gasteiger partial charge in [0.15, 0.2) is 6.10 Å². The van der Waals surface area contributed by atoms with E-state index in [0.29, 0.717) is 23.8 Å². The molecular weight excluding hydrogens is 395 g/mol. The number of esters is 1. The fourth-order valence-electron chi connectivity index (χ4n) is 2.80. The fraction of sp³-hybridized carbons (Fsp3) is 0.333. The average Bonchev–Trinajstić information content (AvgIpc) is 2.74. The number of anilines is 2. The molecule has 0 saturated carbocycles. The second kappa shape index (κ2) is 10.3. The number of morpholine rings is 1. The van der Waals surface area contributed by atoms with Gasteiger partial charge in [0.1, 0.15) is 5.82 Å². The number of halogens is 1. The fourth-order valence-corrected chi connectivity index (χ4v) is 3.53. The van der Waals surface area contributed by atoms with Crippen LogP contribution < -0.4 is 10.2 Å². The van der Waals surface area contributed by atoms with Crippen LogP contribution in [0.4, 0.5) is 15.8 Å². The molecule has 1 saturated heterocycles. The van der Waals surface area contributed by atoms with Gasteiger partial charge in [-0.15, -0.1) is 11.8 Å². The van der Waals surface area contributed by atoms with E-state index in [1.54, 1.807) is 18.2 Å². The molecule has 154 valence electrons. The van der Waals surface area contributed by atoms with Crippen LogP contribution in [0.15, 0.2) is 53.4 Å². The summed E-state index contributed by atoms with van der Waals surface area (Å²) in [4.78, 5) is 26.8. The molecule has 1 atom stereocenters. The molecule has 3 rings (SSSR count). The van der Waals surface area contributed by atoms with Gasteiger partial charge in [-0.25, -0.2) is 4.39 Å². The van der Waals surface area contributed by atoms with E-state index in [4.69, 9.17) is 9.47 Å². The van der Waals surface area contributed by atoms with Gasteiger partial charge in [0, 0.05) is 29.4 Å². The molecule has 0 spiro atoms. The molecule has 0 unspecified atom stereocenters. The lowest BCUT2D eigenvalue weighted by molar-refractivity contribution is -0.150. The second-order valence-corrected chi connectivity index (χ2v) is 7.50. The van der Waals surface area contributed by atoms with Crippen molar-refractivity contribution in [2.75, 3.05) is 42.3 Å². The highest BCUT2D eigenvalue weighted by Gasteiger charge is 2.19. The Kier molecular flexibility index (Phi) is 7.48. The van der Waals surface area contributed by atoms with Crippen molar-refractivity contribution < 1.29 is 23.5 Å². The SMILES string of the molecule is C[C@H](OC(=O)CSc1ccccc1F)C(=O)Nc1ccc(N2CCOCC2)cc1. The molecule has 1 heterocycles. The zero-order valence-corrected chi connectivity index (χ0v) is 16.9. The van der Waals surface area contributed by atoms with E-state index in [9.17, 15) is 14.0 Å². The summed E-state index contributed by atoms with van der Waals surface area (Å²) in [6.07, 6.45) is -0.956. The van der Waals surface area contributed by atoms with E-state index in [1.165, 1.54) is 13.0 Å². The maximum absolute atomic E-state index is 13.6. The standard InChI is InChI=1S/C21H23FN2O4S/c1-15(28-20(25)14-29-19-5-3-2-4-18(19)22)21(26)23-16-6-8-17(9-7-16)24-10-12-27-13-11-24/h2-9,15H,10-14H2,1H3,(H,23,26)/t15-/m0/s1. The lowest BCUT2D eigenvalue weighted by Gasteiger charge is -2.28. The van der Waals surface area contributed by atoms with Crippen LogP contribution in [0.2, 0.25) is 0 Å². The number of hydrogen-bond donors (Lipinski definition) is 1. The Hall–Kier alpha value is -2.58. The molecule has 8 heteroatoms. The third kappa shape index (κ3) is 6.20. The van der Waals surface area contributed by atoms with Crippen LogP contribution in [0.25, 0.3) is 0 Å². The minimum Gasteiger partial charge on any atom is -0.452 e. The highest BCUT2D eigenvalue weighted by atomic mass is 32.2. The molecule has 1 amide bonds. The third-order valence-electron chi connectivity index (χ3n) is 4.37. The minimum atomic E-state index is -0.956. The summed E-state index contributed by atoms with van der Waals surface area (Å²) >= 11 is 1.03. The summed E-state index contributed by atoms with van der Waals surface area (Å²) < 4.78 is 24.1. The van der Waals surface area contributed by atoms with Crippen molar-refractivity contribution in [3.8, 4) is 0 Å². The van der Waals surface area contributed by atoms with E-state index in [-0.39, 0.29) is 5.75 Å². The van der Waals surface area contributed by atoms with Gasteiger partial charge < -0.3 is 19.7 Å². The summed E-state index contributed by atoms with van der Waals surface area (Å²) in [6.45, 7) is 4.59. The van der Waals surface area contributed by atoms with Gasteiger partial charge in [-0.1, -0.05) is 12.1 Å². The molecule has 0 bridgehead atoms. The third-order valence-corrected chi connectivity index (χ3v) is 5.39. The van der Waals surface area contributed by atoms with E-state index in [2.05, 4.69) is 10.2 Å². The number of carbonyl (C=O) groups excluding carboxylic acids is 2. The molecule has 0 aliphatic carbocycles. The zero-order chi connectivity index (χ0) is 20.6. The summed E-state index contributed by atoms with van der Waals surface area (Å²) in [5, 5.41) is 2.73. The van der Waals surface area contributed by atoms with Crippen LogP contribution in [0.3, 0.4) is 0 Å². The van der Waals surface area contributed by atoms with Crippen LogP contribution >= 0.6 is 11.8 Å². The van der Waals surface area contributed by atoms with Crippen molar-refractivity contribution in [1.82, 2.24) is 0 Å². The number of hydrogen-bond acceptors (Lipinski definition) is 6. The van der Waals surface area contributed by atoms with E-state index in [1.807, 2.05) is 24.3 Å². The number of benzene rings is 2. The number of rotatable bonds is 7. The Morgan fingerprint density at radius 3 is 2.55 bits per heavy atom. The Morgan fingerprint density at radius 1 is 1.17 bits per heavy atom. The van der Waals surface area contributed by atoms with Gasteiger partial charge in [-0.05, 0) is 43.3 Å². The highest BCUT2D eigenvalue weighted by Crippen LogP contribution is 2.22. The van der Waals surface area contributed by atoms with E-state index < -0.39 is 23.8 Å². The van der Waals surface area contributed by atoms with Crippen molar-refractivity contribution in [2.24, 2.45) is 0 Å². The molecule has 6 nitrogen and oxygen atoms in total. The maximum atomic E-state index is 13.6. The maximum Gasteiger partial charge on any atom is 0.317 e. The van der Waals surface area contributed by atoms with Crippen molar-refractivity contribution in [3.63, 3.8) is 0 Å². The topological polar surface area (TPSA) is 67.9 Å². The van der Waals surface area contributed by atoms with Crippen molar-refractivity contribution in [3.05, 3.63) is 54.3 Å². The Labute approximate surface area is 173 Å². The molecule has 1 fully saturated rings. The van der Waals surface area contributed by atoms with Crippen molar-refractivity contribution in [2.45, 2.75) is 17.9 Å². The van der Waals surface area contributed by atoms with Crippen LogP contribution in [0.5, 0.6) is 0 Å². The van der Waals surface area contributed by atoms with Crippen LogP contribution in [-0.2, 0) is 19.1 Å². The zero-order valence-electron chi connectivity index (χ0n) is 16.1. The first-order valence-electron chi connectivity index (χ1n) is 9.33. The summed E-state index contributed by atoms with van der Waals surface area (Å²) in [5.74, 6) is -1.47. The number of nitrogens with zero attached hydrogens (tertiary/aromatic N) is 1. The second-order valence-electron chi connectivity index (χ2n) is 6.49. The molecular formula is C21H23FN2O4S. The molecule has 2 aromatic rings. The van der Waals surface area contributed by atoms with Crippen LogP contribution in [-0.4, -0.2) is 50.0 Å². The first-order chi connectivity index (χ1) is 14.0. The number of thioether (sulfide) groups is 1. The summed E-state index contributed by atoms with van der Waals surface area (Å²) in [7, 11) is 0. The lowest BCUT2D eigenvalue weighted by atomic mass is 10.2. The van der Waals surface area contributed by atoms with E-state index in [0.717, 1.165) is 30.5 Å².